The third kappa shape index (κ3) is 5.85. The number of allylic oxidation sites excluding steroid dienone is 1. The molecular formula is C25H31NO4. The third-order valence-electron chi connectivity index (χ3n) is 5.39. The number of hydrogen-bond donors (Lipinski definition) is 0. The molecule has 0 atom stereocenters. The zero-order chi connectivity index (χ0) is 21.7. The number of likely N-dealkylation sites (tertiary alicyclic amines) is 1. The van der Waals surface area contributed by atoms with Crippen LogP contribution < -0.4 is 0 Å². The molecule has 0 unspecified atom stereocenters. The summed E-state index contributed by atoms with van der Waals surface area (Å²) < 4.78 is 10.4. The predicted octanol–water partition coefficient (Wildman–Crippen LogP) is 5.43. The number of methoxy groups -OCH3 is 1. The van der Waals surface area contributed by atoms with Crippen LogP contribution >= 0.6 is 0 Å². The van der Waals surface area contributed by atoms with Crippen molar-refractivity contribution in [2.24, 2.45) is 5.92 Å². The van der Waals surface area contributed by atoms with E-state index in [1.54, 1.807) is 11.0 Å². The van der Waals surface area contributed by atoms with Crippen molar-refractivity contribution in [3.63, 3.8) is 0 Å². The van der Waals surface area contributed by atoms with E-state index in [9.17, 15) is 9.59 Å². The van der Waals surface area contributed by atoms with Crippen molar-refractivity contribution in [3.8, 4) is 0 Å². The zero-order valence-electron chi connectivity index (χ0n) is 18.3. The Kier molecular flexibility index (Phi) is 6.80. The second kappa shape index (κ2) is 9.33. The van der Waals surface area contributed by atoms with Gasteiger partial charge in [-0.3, -0.25) is 0 Å². The standard InChI is InChI=1S/C25H31NO4/c1-25(2,3)30-24(28)26-13-11-18(12-14-26)15-22(17-23(27)29-4)21-10-9-19-7-5-6-8-20(19)16-21/h5-10,16-18H,11-15H2,1-4H3. The first kappa shape index (κ1) is 21.9. The molecule has 0 spiro atoms. The van der Waals surface area contributed by atoms with Crippen molar-refractivity contribution in [3.05, 3.63) is 54.1 Å². The summed E-state index contributed by atoms with van der Waals surface area (Å²) in [6, 6.07) is 14.5. The molecule has 2 aromatic rings. The fourth-order valence-electron chi connectivity index (χ4n) is 3.81. The number of rotatable bonds is 4. The number of amides is 1. The Bertz CT molecular complexity index is 934. The Labute approximate surface area is 178 Å². The molecule has 1 amide bonds. The molecule has 30 heavy (non-hydrogen) atoms. The molecule has 5 heteroatoms. The molecule has 160 valence electrons. The van der Waals surface area contributed by atoms with E-state index in [1.165, 1.54) is 12.5 Å². The molecule has 5 nitrogen and oxygen atoms in total. The van der Waals surface area contributed by atoms with E-state index in [0.29, 0.717) is 19.0 Å². The lowest BCUT2D eigenvalue weighted by atomic mass is 9.87. The highest BCUT2D eigenvalue weighted by Crippen LogP contribution is 2.31. The zero-order valence-corrected chi connectivity index (χ0v) is 18.3. The lowest BCUT2D eigenvalue weighted by Gasteiger charge is -2.33. The SMILES string of the molecule is COC(=O)C=C(CC1CCN(C(=O)OC(C)(C)C)CC1)c1ccc2ccccc2c1. The van der Waals surface area contributed by atoms with Gasteiger partial charge in [0, 0.05) is 19.2 Å². The first-order valence-corrected chi connectivity index (χ1v) is 10.5. The Balaban J connectivity index is 1.71. The maximum absolute atomic E-state index is 12.3. The van der Waals surface area contributed by atoms with Gasteiger partial charge >= 0.3 is 12.1 Å². The van der Waals surface area contributed by atoms with E-state index in [4.69, 9.17) is 9.47 Å². The quantitative estimate of drug-likeness (QED) is 0.499. The molecule has 0 bridgehead atoms. The molecule has 1 saturated heterocycles. The number of carbonyl (C=O) groups is 2. The summed E-state index contributed by atoms with van der Waals surface area (Å²) in [6.07, 6.45) is 3.89. The average Bonchev–Trinajstić information content (AvgIpc) is 2.72. The van der Waals surface area contributed by atoms with E-state index in [0.717, 1.165) is 35.8 Å². The molecule has 1 heterocycles. The average molecular weight is 410 g/mol. The summed E-state index contributed by atoms with van der Waals surface area (Å²) in [5, 5.41) is 2.31. The van der Waals surface area contributed by atoms with Gasteiger partial charge < -0.3 is 14.4 Å². The van der Waals surface area contributed by atoms with Crippen LogP contribution in [0.25, 0.3) is 16.3 Å². The van der Waals surface area contributed by atoms with Crippen LogP contribution in [0.2, 0.25) is 0 Å². The molecule has 1 fully saturated rings. The van der Waals surface area contributed by atoms with Gasteiger partial charge in [0.1, 0.15) is 5.60 Å². The van der Waals surface area contributed by atoms with Gasteiger partial charge in [0.15, 0.2) is 0 Å². The van der Waals surface area contributed by atoms with Gasteiger partial charge in [-0.2, -0.15) is 0 Å². The van der Waals surface area contributed by atoms with Crippen LogP contribution in [-0.4, -0.2) is 42.8 Å². The third-order valence-corrected chi connectivity index (χ3v) is 5.39. The van der Waals surface area contributed by atoms with Crippen LogP contribution in [0.3, 0.4) is 0 Å². The van der Waals surface area contributed by atoms with Gasteiger partial charge in [0.25, 0.3) is 0 Å². The highest BCUT2D eigenvalue weighted by molar-refractivity contribution is 5.93. The van der Waals surface area contributed by atoms with Gasteiger partial charge in [0.2, 0.25) is 0 Å². The molecule has 3 rings (SSSR count). The Hall–Kier alpha value is -2.82. The number of nitrogens with zero attached hydrogens (tertiary/aromatic N) is 1. The minimum Gasteiger partial charge on any atom is -0.466 e. The van der Waals surface area contributed by atoms with Crippen LogP contribution in [0.1, 0.15) is 45.6 Å². The number of fused-ring (bicyclic) bond motifs is 1. The molecule has 0 saturated carbocycles. The van der Waals surface area contributed by atoms with Crippen LogP contribution in [0.15, 0.2) is 48.5 Å². The summed E-state index contributed by atoms with van der Waals surface area (Å²) in [6.45, 7) is 6.98. The monoisotopic (exact) mass is 409 g/mol. The van der Waals surface area contributed by atoms with Crippen LogP contribution in [0, 0.1) is 5.92 Å². The number of esters is 1. The fraction of sp³-hybridized carbons (Fsp3) is 0.440. The van der Waals surface area contributed by atoms with Crippen molar-refractivity contribution < 1.29 is 19.1 Å². The van der Waals surface area contributed by atoms with E-state index < -0.39 is 5.60 Å². The Morgan fingerprint density at radius 1 is 1.07 bits per heavy atom. The smallest absolute Gasteiger partial charge is 0.410 e. The Morgan fingerprint density at radius 2 is 1.73 bits per heavy atom. The lowest BCUT2D eigenvalue weighted by Crippen LogP contribution is -2.41. The molecule has 1 aliphatic heterocycles. The summed E-state index contributed by atoms with van der Waals surface area (Å²) in [4.78, 5) is 26.1. The molecular weight excluding hydrogens is 378 g/mol. The van der Waals surface area contributed by atoms with Crippen LogP contribution in [0.4, 0.5) is 4.79 Å². The van der Waals surface area contributed by atoms with Gasteiger partial charge in [-0.15, -0.1) is 0 Å². The summed E-state index contributed by atoms with van der Waals surface area (Å²) in [5.41, 5.74) is 1.53. The van der Waals surface area contributed by atoms with Crippen molar-refractivity contribution >= 4 is 28.4 Å². The molecule has 0 radical (unpaired) electrons. The van der Waals surface area contributed by atoms with E-state index in [2.05, 4.69) is 30.3 Å². The second-order valence-electron chi connectivity index (χ2n) is 8.87. The largest absolute Gasteiger partial charge is 0.466 e. The first-order chi connectivity index (χ1) is 14.2. The number of hydrogen-bond acceptors (Lipinski definition) is 4. The molecule has 0 aromatic heterocycles. The minimum absolute atomic E-state index is 0.249. The number of carbonyl (C=O) groups excluding carboxylic acids is 2. The van der Waals surface area contributed by atoms with Crippen molar-refractivity contribution in [2.75, 3.05) is 20.2 Å². The molecule has 0 aliphatic carbocycles. The van der Waals surface area contributed by atoms with Crippen LogP contribution in [0.5, 0.6) is 0 Å². The topological polar surface area (TPSA) is 55.8 Å². The first-order valence-electron chi connectivity index (χ1n) is 10.5. The highest BCUT2D eigenvalue weighted by Gasteiger charge is 2.27. The van der Waals surface area contributed by atoms with E-state index in [1.807, 2.05) is 32.9 Å². The summed E-state index contributed by atoms with van der Waals surface area (Å²) >= 11 is 0. The maximum atomic E-state index is 12.3. The maximum Gasteiger partial charge on any atom is 0.410 e. The van der Waals surface area contributed by atoms with Crippen molar-refractivity contribution in [2.45, 2.75) is 45.6 Å². The summed E-state index contributed by atoms with van der Waals surface area (Å²) in [7, 11) is 1.40. The lowest BCUT2D eigenvalue weighted by molar-refractivity contribution is -0.134. The second-order valence-corrected chi connectivity index (χ2v) is 8.87. The fourth-order valence-corrected chi connectivity index (χ4v) is 3.81. The number of ether oxygens (including phenoxy) is 2. The Morgan fingerprint density at radius 3 is 2.37 bits per heavy atom. The van der Waals surface area contributed by atoms with Gasteiger partial charge in [-0.25, -0.2) is 9.59 Å². The van der Waals surface area contributed by atoms with E-state index >= 15 is 0 Å². The number of benzene rings is 2. The van der Waals surface area contributed by atoms with Gasteiger partial charge in [-0.05, 0) is 73.9 Å². The molecule has 0 N–H and O–H groups in total. The van der Waals surface area contributed by atoms with Gasteiger partial charge in [0.05, 0.1) is 7.11 Å². The van der Waals surface area contributed by atoms with Crippen molar-refractivity contribution in [1.82, 2.24) is 4.90 Å². The van der Waals surface area contributed by atoms with E-state index in [-0.39, 0.29) is 12.1 Å². The molecule has 1 aliphatic rings. The van der Waals surface area contributed by atoms with Crippen molar-refractivity contribution in [1.29, 1.82) is 0 Å². The predicted molar refractivity (Wildman–Crippen MR) is 119 cm³/mol. The molecule has 2 aromatic carbocycles. The van der Waals surface area contributed by atoms with Crippen LogP contribution in [-0.2, 0) is 14.3 Å². The number of piperidine rings is 1. The highest BCUT2D eigenvalue weighted by atomic mass is 16.6. The minimum atomic E-state index is -0.486. The summed E-state index contributed by atoms with van der Waals surface area (Å²) in [5.74, 6) is 0.0513. The normalized spacial score (nSPS) is 15.9. The van der Waals surface area contributed by atoms with Gasteiger partial charge in [-0.1, -0.05) is 36.4 Å².